The highest BCUT2D eigenvalue weighted by atomic mass is 16.6. The molecule has 1 aromatic carbocycles. The van der Waals surface area contributed by atoms with Crippen molar-refractivity contribution >= 4 is 17.7 Å². The molecule has 1 aliphatic rings. The third-order valence-corrected chi connectivity index (χ3v) is 4.35. The molecule has 0 aromatic heterocycles. The van der Waals surface area contributed by atoms with Crippen molar-refractivity contribution in [2.24, 2.45) is 0 Å². The lowest BCUT2D eigenvalue weighted by atomic mass is 10.1. The number of carbonyl (C=O) groups excluding carboxylic acids is 2. The summed E-state index contributed by atoms with van der Waals surface area (Å²) in [5, 5.41) is 3.03. The zero-order chi connectivity index (χ0) is 19.3. The lowest BCUT2D eigenvalue weighted by Gasteiger charge is -2.26. The number of hydrogen-bond acceptors (Lipinski definition) is 4. The average Bonchev–Trinajstić information content (AvgIpc) is 2.75. The van der Waals surface area contributed by atoms with Crippen LogP contribution in [0, 0.1) is 13.8 Å². The van der Waals surface area contributed by atoms with Crippen molar-refractivity contribution in [3.8, 4) is 0 Å². The molecular formula is C20H31N3O3. The summed E-state index contributed by atoms with van der Waals surface area (Å²) in [6.45, 7) is 12.6. The number of amides is 2. The van der Waals surface area contributed by atoms with Crippen LogP contribution in [0.1, 0.15) is 38.3 Å². The molecule has 0 unspecified atom stereocenters. The SMILES string of the molecule is Cc1cccc(C)c1NC(=O)CN1CCCN(C(=O)OC(C)(C)C)CC1. The van der Waals surface area contributed by atoms with Crippen LogP contribution in [0.2, 0.25) is 0 Å². The zero-order valence-electron chi connectivity index (χ0n) is 16.6. The fraction of sp³-hybridized carbons (Fsp3) is 0.600. The molecule has 2 rings (SSSR count). The maximum atomic E-state index is 12.4. The number of nitrogens with one attached hydrogen (secondary N) is 1. The Kier molecular flexibility index (Phi) is 6.64. The fourth-order valence-corrected chi connectivity index (χ4v) is 3.03. The van der Waals surface area contributed by atoms with Crippen LogP contribution < -0.4 is 5.32 Å². The molecule has 6 heteroatoms. The standard InChI is InChI=1S/C20H31N3O3/c1-15-8-6-9-16(2)18(15)21-17(24)14-22-10-7-11-23(13-12-22)19(25)26-20(3,4)5/h6,8-9H,7,10-14H2,1-5H3,(H,21,24). The molecule has 26 heavy (non-hydrogen) atoms. The van der Waals surface area contributed by atoms with Gasteiger partial charge in [-0.05, 0) is 52.2 Å². The van der Waals surface area contributed by atoms with Crippen LogP contribution in [0.4, 0.5) is 10.5 Å². The summed E-state index contributed by atoms with van der Waals surface area (Å²) in [6, 6.07) is 5.97. The molecule has 2 amide bonds. The van der Waals surface area contributed by atoms with Crippen molar-refractivity contribution in [3.05, 3.63) is 29.3 Å². The molecule has 1 saturated heterocycles. The van der Waals surface area contributed by atoms with Gasteiger partial charge in [-0.1, -0.05) is 18.2 Å². The first-order valence-corrected chi connectivity index (χ1v) is 9.22. The first-order chi connectivity index (χ1) is 12.2. The van der Waals surface area contributed by atoms with E-state index in [4.69, 9.17) is 4.74 Å². The summed E-state index contributed by atoms with van der Waals surface area (Å²) in [6.07, 6.45) is 0.551. The summed E-state index contributed by atoms with van der Waals surface area (Å²) in [5.74, 6) is -0.0203. The van der Waals surface area contributed by atoms with Gasteiger partial charge in [0.05, 0.1) is 6.54 Å². The summed E-state index contributed by atoms with van der Waals surface area (Å²) >= 11 is 0. The minimum Gasteiger partial charge on any atom is -0.444 e. The van der Waals surface area contributed by atoms with E-state index in [9.17, 15) is 9.59 Å². The molecule has 1 fully saturated rings. The number of aryl methyl sites for hydroxylation is 2. The Morgan fingerprint density at radius 1 is 1.08 bits per heavy atom. The van der Waals surface area contributed by atoms with E-state index in [1.54, 1.807) is 4.90 Å². The molecule has 0 spiro atoms. The molecule has 1 heterocycles. The molecule has 0 atom stereocenters. The number of ether oxygens (including phenoxy) is 1. The number of nitrogens with zero attached hydrogens (tertiary/aromatic N) is 2. The maximum absolute atomic E-state index is 12.4. The quantitative estimate of drug-likeness (QED) is 0.898. The van der Waals surface area contributed by atoms with Gasteiger partial charge in [-0.2, -0.15) is 0 Å². The van der Waals surface area contributed by atoms with Gasteiger partial charge in [-0.3, -0.25) is 9.69 Å². The van der Waals surface area contributed by atoms with Gasteiger partial charge in [0.25, 0.3) is 0 Å². The van der Waals surface area contributed by atoms with Crippen LogP contribution >= 0.6 is 0 Å². The number of rotatable bonds is 3. The topological polar surface area (TPSA) is 61.9 Å². The van der Waals surface area contributed by atoms with Gasteiger partial charge in [0, 0.05) is 31.9 Å². The maximum Gasteiger partial charge on any atom is 0.410 e. The Morgan fingerprint density at radius 2 is 1.73 bits per heavy atom. The second-order valence-electron chi connectivity index (χ2n) is 7.91. The van der Waals surface area contributed by atoms with Crippen LogP contribution in [0.3, 0.4) is 0 Å². The minimum absolute atomic E-state index is 0.0203. The largest absolute Gasteiger partial charge is 0.444 e. The molecule has 1 aromatic rings. The fourth-order valence-electron chi connectivity index (χ4n) is 3.03. The highest BCUT2D eigenvalue weighted by Crippen LogP contribution is 2.19. The molecule has 6 nitrogen and oxygen atoms in total. The zero-order valence-corrected chi connectivity index (χ0v) is 16.6. The predicted octanol–water partition coefficient (Wildman–Crippen LogP) is 3.18. The smallest absolute Gasteiger partial charge is 0.410 e. The van der Waals surface area contributed by atoms with Crippen LogP contribution in [-0.4, -0.2) is 60.1 Å². The Hall–Kier alpha value is -2.08. The van der Waals surface area contributed by atoms with Gasteiger partial charge >= 0.3 is 6.09 Å². The number of carbonyl (C=O) groups is 2. The second kappa shape index (κ2) is 8.54. The van der Waals surface area contributed by atoms with E-state index in [2.05, 4.69) is 10.2 Å². The second-order valence-corrected chi connectivity index (χ2v) is 7.91. The number of anilines is 1. The van der Waals surface area contributed by atoms with Gasteiger partial charge < -0.3 is 15.0 Å². The Bertz CT molecular complexity index is 632. The first-order valence-electron chi connectivity index (χ1n) is 9.22. The normalized spacial score (nSPS) is 16.1. The monoisotopic (exact) mass is 361 g/mol. The number of benzene rings is 1. The Labute approximate surface area is 156 Å². The third kappa shape index (κ3) is 6.02. The molecule has 0 saturated carbocycles. The van der Waals surface area contributed by atoms with Gasteiger partial charge in [-0.25, -0.2) is 4.79 Å². The van der Waals surface area contributed by atoms with Crippen molar-refractivity contribution in [2.75, 3.05) is 38.0 Å². The number of hydrogen-bond donors (Lipinski definition) is 1. The van der Waals surface area contributed by atoms with Crippen molar-refractivity contribution in [1.29, 1.82) is 0 Å². The van der Waals surface area contributed by atoms with Crippen molar-refractivity contribution in [1.82, 2.24) is 9.80 Å². The highest BCUT2D eigenvalue weighted by Gasteiger charge is 2.25. The van der Waals surface area contributed by atoms with E-state index in [0.29, 0.717) is 26.2 Å². The minimum atomic E-state index is -0.492. The van der Waals surface area contributed by atoms with E-state index >= 15 is 0 Å². The lowest BCUT2D eigenvalue weighted by Crippen LogP contribution is -2.40. The van der Waals surface area contributed by atoms with Crippen molar-refractivity contribution in [3.63, 3.8) is 0 Å². The highest BCUT2D eigenvalue weighted by molar-refractivity contribution is 5.93. The van der Waals surface area contributed by atoms with E-state index in [0.717, 1.165) is 29.8 Å². The first kappa shape index (κ1) is 20.2. The molecule has 0 bridgehead atoms. The van der Waals surface area contributed by atoms with Crippen LogP contribution in [0.25, 0.3) is 0 Å². The summed E-state index contributed by atoms with van der Waals surface area (Å²) in [4.78, 5) is 28.5. The van der Waals surface area contributed by atoms with E-state index in [1.807, 2.05) is 52.8 Å². The van der Waals surface area contributed by atoms with Gasteiger partial charge in [0.1, 0.15) is 5.60 Å². The molecule has 1 N–H and O–H groups in total. The molecule has 0 aliphatic carbocycles. The summed E-state index contributed by atoms with van der Waals surface area (Å²) < 4.78 is 5.44. The van der Waals surface area contributed by atoms with Gasteiger partial charge in [0.15, 0.2) is 0 Å². The predicted molar refractivity (Wildman–Crippen MR) is 103 cm³/mol. The van der Waals surface area contributed by atoms with Crippen LogP contribution in [-0.2, 0) is 9.53 Å². The molecule has 144 valence electrons. The van der Waals surface area contributed by atoms with Crippen LogP contribution in [0.15, 0.2) is 18.2 Å². The van der Waals surface area contributed by atoms with E-state index in [1.165, 1.54) is 0 Å². The van der Waals surface area contributed by atoms with E-state index < -0.39 is 5.60 Å². The Balaban J connectivity index is 1.87. The van der Waals surface area contributed by atoms with Gasteiger partial charge in [-0.15, -0.1) is 0 Å². The van der Waals surface area contributed by atoms with Crippen LogP contribution in [0.5, 0.6) is 0 Å². The van der Waals surface area contributed by atoms with Crippen molar-refractivity contribution < 1.29 is 14.3 Å². The molecule has 0 radical (unpaired) electrons. The molecule has 1 aliphatic heterocycles. The van der Waals surface area contributed by atoms with Crippen molar-refractivity contribution in [2.45, 2.75) is 46.6 Å². The lowest BCUT2D eigenvalue weighted by molar-refractivity contribution is -0.117. The average molecular weight is 361 g/mol. The Morgan fingerprint density at radius 3 is 2.35 bits per heavy atom. The third-order valence-electron chi connectivity index (χ3n) is 4.35. The van der Waals surface area contributed by atoms with E-state index in [-0.39, 0.29) is 12.0 Å². The molecular weight excluding hydrogens is 330 g/mol. The number of para-hydroxylation sites is 1. The summed E-state index contributed by atoms with van der Waals surface area (Å²) in [5.41, 5.74) is 2.52. The van der Waals surface area contributed by atoms with Gasteiger partial charge in [0.2, 0.25) is 5.91 Å². The summed E-state index contributed by atoms with van der Waals surface area (Å²) in [7, 11) is 0.